The molecule has 1 atom stereocenters. The SMILES string of the molecule is CC(C)(C)C1=CCN(S(=O)(=O)CC2CCCCN2)CC1. The normalized spacial score (nSPS) is 26.4. The fourth-order valence-corrected chi connectivity index (χ4v) is 4.69. The Morgan fingerprint density at radius 3 is 2.60 bits per heavy atom. The van der Waals surface area contributed by atoms with E-state index in [1.165, 1.54) is 5.57 Å². The molecule has 2 aliphatic rings. The monoisotopic (exact) mass is 300 g/mol. The molecule has 2 aliphatic heterocycles. The second-order valence-electron chi connectivity index (χ2n) is 7.01. The number of sulfonamides is 1. The molecule has 0 radical (unpaired) electrons. The van der Waals surface area contributed by atoms with E-state index in [9.17, 15) is 8.42 Å². The summed E-state index contributed by atoms with van der Waals surface area (Å²) in [5.41, 5.74) is 1.53. The van der Waals surface area contributed by atoms with Gasteiger partial charge in [-0.1, -0.05) is 38.8 Å². The summed E-state index contributed by atoms with van der Waals surface area (Å²) in [4.78, 5) is 0. The summed E-state index contributed by atoms with van der Waals surface area (Å²) in [5.74, 6) is 0.256. The second kappa shape index (κ2) is 6.16. The molecule has 5 heteroatoms. The molecule has 0 aromatic carbocycles. The first-order valence-corrected chi connectivity index (χ1v) is 9.31. The highest BCUT2D eigenvalue weighted by molar-refractivity contribution is 7.89. The summed E-state index contributed by atoms with van der Waals surface area (Å²) in [6.45, 7) is 8.70. The third-order valence-corrected chi connectivity index (χ3v) is 6.29. The van der Waals surface area contributed by atoms with E-state index in [0.717, 1.165) is 32.2 Å². The molecule has 116 valence electrons. The van der Waals surface area contributed by atoms with Gasteiger partial charge in [-0.15, -0.1) is 0 Å². The van der Waals surface area contributed by atoms with Crippen LogP contribution in [0.2, 0.25) is 0 Å². The van der Waals surface area contributed by atoms with Gasteiger partial charge in [-0.25, -0.2) is 8.42 Å². The molecule has 2 rings (SSSR count). The lowest BCUT2D eigenvalue weighted by atomic mass is 9.83. The molecule has 0 aromatic rings. The zero-order valence-electron chi connectivity index (χ0n) is 13.0. The molecule has 0 bridgehead atoms. The first-order chi connectivity index (χ1) is 9.29. The second-order valence-corrected chi connectivity index (χ2v) is 9.03. The number of hydrogen-bond donors (Lipinski definition) is 1. The summed E-state index contributed by atoms with van der Waals surface area (Å²) >= 11 is 0. The zero-order chi connectivity index (χ0) is 14.8. The molecule has 1 N–H and O–H groups in total. The van der Waals surface area contributed by atoms with Crippen LogP contribution in [0.3, 0.4) is 0 Å². The van der Waals surface area contributed by atoms with Crippen molar-refractivity contribution in [3.8, 4) is 0 Å². The fraction of sp³-hybridized carbons (Fsp3) is 0.867. The van der Waals surface area contributed by atoms with Crippen LogP contribution in [-0.4, -0.2) is 44.2 Å². The Hall–Kier alpha value is -0.390. The van der Waals surface area contributed by atoms with E-state index in [4.69, 9.17) is 0 Å². The summed E-state index contributed by atoms with van der Waals surface area (Å²) in [5, 5.41) is 3.33. The molecule has 2 heterocycles. The Labute approximate surface area is 123 Å². The molecule has 0 aliphatic carbocycles. The average Bonchev–Trinajstić information content (AvgIpc) is 2.38. The Kier molecular flexibility index (Phi) is 4.92. The van der Waals surface area contributed by atoms with Crippen molar-refractivity contribution in [1.29, 1.82) is 0 Å². The topological polar surface area (TPSA) is 49.4 Å². The van der Waals surface area contributed by atoms with Gasteiger partial charge in [0.25, 0.3) is 0 Å². The summed E-state index contributed by atoms with van der Waals surface area (Å²) in [7, 11) is -3.13. The van der Waals surface area contributed by atoms with Gasteiger partial charge in [0.1, 0.15) is 0 Å². The maximum atomic E-state index is 12.5. The predicted molar refractivity (Wildman–Crippen MR) is 83.2 cm³/mol. The zero-order valence-corrected chi connectivity index (χ0v) is 13.8. The number of rotatable bonds is 3. The standard InChI is InChI=1S/C15H28N2O2S/c1-15(2,3)13-7-10-17(11-8-13)20(18,19)12-14-6-4-5-9-16-14/h7,14,16H,4-6,8-12H2,1-3H3. The average molecular weight is 300 g/mol. The molecular weight excluding hydrogens is 272 g/mol. The van der Waals surface area contributed by atoms with Crippen LogP contribution in [0.15, 0.2) is 11.6 Å². The minimum Gasteiger partial charge on any atom is -0.313 e. The molecule has 0 saturated carbocycles. The van der Waals surface area contributed by atoms with Gasteiger partial charge in [-0.2, -0.15) is 4.31 Å². The van der Waals surface area contributed by atoms with Crippen LogP contribution in [0.5, 0.6) is 0 Å². The van der Waals surface area contributed by atoms with Crippen LogP contribution in [0.25, 0.3) is 0 Å². The van der Waals surface area contributed by atoms with E-state index in [1.807, 2.05) is 0 Å². The molecule has 4 nitrogen and oxygen atoms in total. The molecule has 20 heavy (non-hydrogen) atoms. The van der Waals surface area contributed by atoms with Crippen molar-refractivity contribution in [3.05, 3.63) is 11.6 Å². The van der Waals surface area contributed by atoms with Gasteiger partial charge in [-0.05, 0) is 31.2 Å². The summed E-state index contributed by atoms with van der Waals surface area (Å²) in [6, 6.07) is 0.141. The van der Waals surface area contributed by atoms with Gasteiger partial charge in [0.05, 0.1) is 5.75 Å². The lowest BCUT2D eigenvalue weighted by molar-refractivity contribution is 0.377. The lowest BCUT2D eigenvalue weighted by Gasteiger charge is -2.33. The summed E-state index contributed by atoms with van der Waals surface area (Å²) in [6.07, 6.45) is 6.26. The Morgan fingerprint density at radius 2 is 2.10 bits per heavy atom. The van der Waals surface area contributed by atoms with Crippen LogP contribution in [0.1, 0.15) is 46.5 Å². The van der Waals surface area contributed by atoms with Crippen molar-refractivity contribution in [3.63, 3.8) is 0 Å². The van der Waals surface area contributed by atoms with Gasteiger partial charge in [-0.3, -0.25) is 0 Å². The molecule has 0 amide bonds. The van der Waals surface area contributed by atoms with Crippen molar-refractivity contribution >= 4 is 10.0 Å². The van der Waals surface area contributed by atoms with E-state index in [-0.39, 0.29) is 17.2 Å². The van der Waals surface area contributed by atoms with Gasteiger partial charge < -0.3 is 5.32 Å². The minimum atomic E-state index is -3.13. The lowest BCUT2D eigenvalue weighted by Crippen LogP contribution is -2.45. The maximum absolute atomic E-state index is 12.5. The highest BCUT2D eigenvalue weighted by Crippen LogP contribution is 2.30. The third kappa shape index (κ3) is 4.06. The van der Waals surface area contributed by atoms with E-state index < -0.39 is 10.0 Å². The number of nitrogens with zero attached hydrogens (tertiary/aromatic N) is 1. The molecular formula is C15H28N2O2S. The van der Waals surface area contributed by atoms with Crippen molar-refractivity contribution in [1.82, 2.24) is 9.62 Å². The van der Waals surface area contributed by atoms with Gasteiger partial charge in [0.2, 0.25) is 10.0 Å². The van der Waals surface area contributed by atoms with Gasteiger partial charge in [0.15, 0.2) is 0 Å². The van der Waals surface area contributed by atoms with Crippen LogP contribution < -0.4 is 5.32 Å². The van der Waals surface area contributed by atoms with E-state index in [0.29, 0.717) is 13.1 Å². The van der Waals surface area contributed by atoms with Crippen LogP contribution in [-0.2, 0) is 10.0 Å². The number of piperidine rings is 1. The van der Waals surface area contributed by atoms with Crippen molar-refractivity contribution < 1.29 is 8.42 Å². The molecule has 1 fully saturated rings. The Morgan fingerprint density at radius 1 is 1.35 bits per heavy atom. The minimum absolute atomic E-state index is 0.141. The van der Waals surface area contributed by atoms with Crippen molar-refractivity contribution in [2.45, 2.75) is 52.5 Å². The fourth-order valence-electron chi connectivity index (χ4n) is 3.01. The van der Waals surface area contributed by atoms with E-state index in [1.54, 1.807) is 4.31 Å². The quantitative estimate of drug-likeness (QED) is 0.812. The van der Waals surface area contributed by atoms with Crippen LogP contribution in [0, 0.1) is 5.41 Å². The molecule has 0 aromatic heterocycles. The number of hydrogen-bond acceptors (Lipinski definition) is 3. The van der Waals surface area contributed by atoms with Crippen molar-refractivity contribution in [2.24, 2.45) is 5.41 Å². The van der Waals surface area contributed by atoms with E-state index in [2.05, 4.69) is 32.2 Å². The molecule has 1 unspecified atom stereocenters. The Bertz CT molecular complexity index is 457. The third-order valence-electron chi connectivity index (χ3n) is 4.35. The van der Waals surface area contributed by atoms with Crippen LogP contribution >= 0.6 is 0 Å². The largest absolute Gasteiger partial charge is 0.313 e. The van der Waals surface area contributed by atoms with Crippen molar-refractivity contribution in [2.75, 3.05) is 25.4 Å². The Balaban J connectivity index is 1.96. The van der Waals surface area contributed by atoms with Crippen LogP contribution in [0.4, 0.5) is 0 Å². The van der Waals surface area contributed by atoms with Gasteiger partial charge >= 0.3 is 0 Å². The number of nitrogens with one attached hydrogen (secondary N) is 1. The smallest absolute Gasteiger partial charge is 0.215 e. The summed E-state index contributed by atoms with van der Waals surface area (Å²) < 4.78 is 26.6. The first-order valence-electron chi connectivity index (χ1n) is 7.70. The highest BCUT2D eigenvalue weighted by atomic mass is 32.2. The maximum Gasteiger partial charge on any atom is 0.215 e. The first kappa shape index (κ1) is 16.0. The van der Waals surface area contributed by atoms with E-state index >= 15 is 0 Å². The molecule has 0 spiro atoms. The molecule has 1 saturated heterocycles. The predicted octanol–water partition coefficient (Wildman–Crippen LogP) is 2.14. The highest BCUT2D eigenvalue weighted by Gasteiger charge is 2.30. The van der Waals surface area contributed by atoms with Gasteiger partial charge in [0, 0.05) is 19.1 Å².